The Labute approximate surface area is 396 Å². The molecule has 8 aliphatic rings. The molecule has 5 aliphatic carbocycles. The maximum absolute atomic E-state index is 14.4. The zero-order chi connectivity index (χ0) is 49.8. The van der Waals surface area contributed by atoms with Gasteiger partial charge in [-0.15, -0.1) is 0 Å². The van der Waals surface area contributed by atoms with Crippen molar-refractivity contribution in [3.8, 4) is 0 Å². The van der Waals surface area contributed by atoms with Crippen LogP contribution in [0.2, 0.25) is 0 Å². The summed E-state index contributed by atoms with van der Waals surface area (Å²) in [5, 5.41) is 126. The van der Waals surface area contributed by atoms with Gasteiger partial charge in [0.1, 0.15) is 72.9 Å². The second-order valence-electron chi connectivity index (χ2n) is 23.3. The molecule has 12 N–H and O–H groups in total. The molecular weight excluding hydrogens is 897 g/mol. The van der Waals surface area contributed by atoms with E-state index < -0.39 is 134 Å². The van der Waals surface area contributed by atoms with Crippen LogP contribution in [-0.4, -0.2) is 198 Å². The molecule has 0 radical (unpaired) electrons. The topological polar surface area (TPSA) is 332 Å². The van der Waals surface area contributed by atoms with Crippen LogP contribution in [0, 0.1) is 50.2 Å². The highest BCUT2D eigenvalue weighted by Crippen LogP contribution is 2.75. The summed E-state index contributed by atoms with van der Waals surface area (Å²) in [6.45, 7) is 11.3. The molecule has 8 rings (SSSR count). The number of carbonyl (C=O) groups excluding carboxylic acids is 1. The minimum absolute atomic E-state index is 0.0314. The molecular formula is C48H76O20. The minimum atomic E-state index is -2.02. The van der Waals surface area contributed by atoms with E-state index in [1.165, 1.54) is 5.57 Å². The SMILES string of the molecule is C[C@@]1(CO[C@@H]2O[C@H](CO)[C@@H](O)[C@H](O)[C@H]2O)CC(=O)[C@]2(C)CC[C@]3(C)C(=CC[C@@H]4[C@@]5(C)CC[C@H](O[C@@H]6O[C@H](C(=O)O)[C@@H](O)[C@H](O)[C@H]6O[C@@H]6O[C@H](CO)[C@@H](O)[C@H](O)[C@H]6O)[C@](C)(CO)[C@@H]5CC[C@]43C)[C@@H]2C1. The van der Waals surface area contributed by atoms with E-state index in [1.54, 1.807) is 0 Å². The quantitative estimate of drug-likeness (QED) is 0.0860. The lowest BCUT2D eigenvalue weighted by molar-refractivity contribution is -0.375. The number of carboxylic acid groups (broad SMARTS) is 1. The van der Waals surface area contributed by atoms with Gasteiger partial charge in [0.15, 0.2) is 25.0 Å². The lowest BCUT2D eigenvalue weighted by Gasteiger charge is -2.71. The maximum atomic E-state index is 14.4. The van der Waals surface area contributed by atoms with Crippen LogP contribution in [0.25, 0.3) is 0 Å². The third-order valence-corrected chi connectivity index (χ3v) is 19.5. The summed E-state index contributed by atoms with van der Waals surface area (Å²) in [5.41, 5.74) is -1.90. The number of aliphatic carboxylic acids is 1. The van der Waals surface area contributed by atoms with E-state index in [0.717, 1.165) is 12.8 Å². The highest BCUT2D eigenvalue weighted by atomic mass is 16.8. The lowest BCUT2D eigenvalue weighted by Crippen LogP contribution is -2.68. The van der Waals surface area contributed by atoms with Gasteiger partial charge in [0.05, 0.1) is 32.5 Å². The van der Waals surface area contributed by atoms with Crippen LogP contribution in [0.4, 0.5) is 0 Å². The molecule has 20 nitrogen and oxygen atoms in total. The standard InChI is InChI=1S/C48H76O20/c1-43(20-63-40-35(59)31(55)29(53)23(17-49)64-40)15-22-21-7-8-26-45(3)11-10-28(46(4,19-51)25(45)9-12-48(26,6)47(21,5)14-13-44(22,2)27(52)16-43)66-42-38(34(58)33(57)37(67-42)39(61)62)68-41-36(60)32(56)30(54)24(18-50)65-41/h7,22-26,28-38,40-42,49-51,53-60H,8-20H2,1-6H3,(H,61,62)/t22-,23+,24+,25+,26+,28-,29+,30+,31-,32-,33-,34-,35+,36+,37-,38+,40+,41-,42+,43-,44+,45-,46+,47+,48+/m0/s1. The van der Waals surface area contributed by atoms with E-state index in [0.29, 0.717) is 38.5 Å². The van der Waals surface area contributed by atoms with Crippen molar-refractivity contribution in [1.29, 1.82) is 0 Å². The molecule has 3 aliphatic heterocycles. The molecule has 0 amide bonds. The number of hydrogen-bond acceptors (Lipinski definition) is 19. The fraction of sp³-hybridized carbons (Fsp3) is 0.917. The van der Waals surface area contributed by atoms with Gasteiger partial charge in [0.2, 0.25) is 0 Å². The molecule has 68 heavy (non-hydrogen) atoms. The molecule has 7 fully saturated rings. The van der Waals surface area contributed by atoms with Gasteiger partial charge in [-0.3, -0.25) is 4.79 Å². The molecule has 0 spiro atoms. The summed E-state index contributed by atoms with van der Waals surface area (Å²) >= 11 is 0. The Morgan fingerprint density at radius 1 is 0.691 bits per heavy atom. The largest absolute Gasteiger partial charge is 0.479 e. The van der Waals surface area contributed by atoms with E-state index in [9.17, 15) is 70.9 Å². The van der Waals surface area contributed by atoms with Crippen LogP contribution in [0.1, 0.15) is 99.3 Å². The predicted molar refractivity (Wildman–Crippen MR) is 232 cm³/mol. The second kappa shape index (κ2) is 18.6. The van der Waals surface area contributed by atoms with Crippen LogP contribution < -0.4 is 0 Å². The Morgan fingerprint density at radius 2 is 1.31 bits per heavy atom. The van der Waals surface area contributed by atoms with Gasteiger partial charge in [-0.2, -0.15) is 0 Å². The molecule has 0 bridgehead atoms. The van der Waals surface area contributed by atoms with Gasteiger partial charge < -0.3 is 89.7 Å². The first-order chi connectivity index (χ1) is 31.8. The van der Waals surface area contributed by atoms with E-state index in [2.05, 4.69) is 33.8 Å². The molecule has 25 atom stereocenters. The number of ketones is 1. The maximum Gasteiger partial charge on any atom is 0.335 e. The Kier molecular flexibility index (Phi) is 14.4. The second-order valence-corrected chi connectivity index (χ2v) is 23.3. The number of ether oxygens (including phenoxy) is 6. The Bertz CT molecular complexity index is 1900. The van der Waals surface area contributed by atoms with Crippen molar-refractivity contribution < 1.29 is 99.3 Å². The zero-order valence-corrected chi connectivity index (χ0v) is 39.9. The first-order valence-electron chi connectivity index (χ1n) is 24.4. The summed E-state index contributed by atoms with van der Waals surface area (Å²) < 4.78 is 35.6. The number of carbonyl (C=O) groups is 2. The third-order valence-electron chi connectivity index (χ3n) is 19.5. The third kappa shape index (κ3) is 8.08. The summed E-state index contributed by atoms with van der Waals surface area (Å²) in [4.78, 5) is 26.7. The van der Waals surface area contributed by atoms with Gasteiger partial charge in [-0.05, 0) is 90.8 Å². The number of carboxylic acids is 1. The van der Waals surface area contributed by atoms with Crippen molar-refractivity contribution in [2.45, 2.75) is 198 Å². The van der Waals surface area contributed by atoms with Gasteiger partial charge in [-0.1, -0.05) is 53.2 Å². The number of fused-ring (bicyclic) bond motifs is 7. The molecule has 388 valence electrons. The highest BCUT2D eigenvalue weighted by molar-refractivity contribution is 5.87. The molecule has 3 saturated heterocycles. The number of allylic oxidation sites excluding steroid dienone is 2. The Morgan fingerprint density at radius 3 is 1.91 bits per heavy atom. The smallest absolute Gasteiger partial charge is 0.335 e. The number of aliphatic hydroxyl groups excluding tert-OH is 11. The predicted octanol–water partition coefficient (Wildman–Crippen LogP) is -1.14. The molecule has 20 heteroatoms. The molecule has 3 heterocycles. The van der Waals surface area contributed by atoms with Crippen molar-refractivity contribution >= 4 is 11.8 Å². The first-order valence-corrected chi connectivity index (χ1v) is 24.4. The average Bonchev–Trinajstić information content (AvgIpc) is 3.29. The van der Waals surface area contributed by atoms with E-state index in [1.807, 2.05) is 13.8 Å². The van der Waals surface area contributed by atoms with E-state index in [-0.39, 0.29) is 59.4 Å². The van der Waals surface area contributed by atoms with Crippen molar-refractivity contribution in [2.75, 3.05) is 26.4 Å². The molecule has 0 aromatic carbocycles. The number of hydrogen-bond donors (Lipinski definition) is 12. The summed E-state index contributed by atoms with van der Waals surface area (Å²) in [6, 6.07) is 0. The van der Waals surface area contributed by atoms with Crippen molar-refractivity contribution in [3.05, 3.63) is 11.6 Å². The van der Waals surface area contributed by atoms with Crippen LogP contribution in [0.15, 0.2) is 11.6 Å². The van der Waals surface area contributed by atoms with Crippen molar-refractivity contribution in [3.63, 3.8) is 0 Å². The Hall–Kier alpha value is -1.80. The van der Waals surface area contributed by atoms with Crippen LogP contribution in [-0.2, 0) is 38.0 Å². The number of aliphatic hydroxyl groups is 11. The molecule has 4 saturated carbocycles. The fourth-order valence-corrected chi connectivity index (χ4v) is 15.0. The monoisotopic (exact) mass is 972 g/mol. The summed E-state index contributed by atoms with van der Waals surface area (Å²) in [5.74, 6) is -1.58. The summed E-state index contributed by atoms with van der Waals surface area (Å²) in [7, 11) is 0. The minimum Gasteiger partial charge on any atom is -0.479 e. The van der Waals surface area contributed by atoms with Crippen molar-refractivity contribution in [2.24, 2.45) is 50.2 Å². The van der Waals surface area contributed by atoms with E-state index >= 15 is 0 Å². The average molecular weight is 973 g/mol. The van der Waals surface area contributed by atoms with E-state index in [4.69, 9.17) is 28.4 Å². The van der Waals surface area contributed by atoms with Crippen LogP contribution in [0.5, 0.6) is 0 Å². The number of rotatable bonds is 11. The lowest BCUT2D eigenvalue weighted by atomic mass is 9.33. The fourth-order valence-electron chi connectivity index (χ4n) is 15.0. The highest BCUT2D eigenvalue weighted by Gasteiger charge is 2.70. The zero-order valence-electron chi connectivity index (χ0n) is 39.9. The molecule has 0 aromatic rings. The normalized spacial score (nSPS) is 55.0. The van der Waals surface area contributed by atoms with Crippen molar-refractivity contribution in [1.82, 2.24) is 0 Å². The Balaban J connectivity index is 1.04. The van der Waals surface area contributed by atoms with Crippen LogP contribution >= 0.6 is 0 Å². The number of Topliss-reactive ketones (excluding diaryl/α,β-unsaturated/α-hetero) is 1. The summed E-state index contributed by atoms with van der Waals surface area (Å²) in [6.07, 6.45) is -18.0. The molecule has 0 unspecified atom stereocenters. The van der Waals surface area contributed by atoms with Gasteiger partial charge >= 0.3 is 5.97 Å². The molecule has 0 aromatic heterocycles. The van der Waals surface area contributed by atoms with Gasteiger partial charge in [0.25, 0.3) is 0 Å². The van der Waals surface area contributed by atoms with Gasteiger partial charge in [-0.25, -0.2) is 4.79 Å². The van der Waals surface area contributed by atoms with Crippen LogP contribution in [0.3, 0.4) is 0 Å². The first kappa shape index (κ1) is 52.5. The van der Waals surface area contributed by atoms with Gasteiger partial charge in [0, 0.05) is 17.3 Å².